The number of hydrogen-bond donors (Lipinski definition) is 1. The number of nitrogens with one attached hydrogen (secondary N) is 1. The van der Waals surface area contributed by atoms with Crippen LogP contribution in [0.25, 0.3) is 10.8 Å². The fourth-order valence-electron chi connectivity index (χ4n) is 3.74. The minimum atomic E-state index is 0.0333. The normalized spacial score (nSPS) is 15.9. The zero-order valence-corrected chi connectivity index (χ0v) is 16.4. The Bertz CT molecular complexity index is 1040. The first-order chi connectivity index (χ1) is 13.6. The molecule has 0 spiro atoms. The summed E-state index contributed by atoms with van der Waals surface area (Å²) in [6.07, 6.45) is 2.31. The van der Waals surface area contributed by atoms with Crippen molar-refractivity contribution in [1.29, 1.82) is 0 Å². The number of anilines is 1. The molecule has 3 aromatic carbocycles. The summed E-state index contributed by atoms with van der Waals surface area (Å²) in [5.74, 6) is 0.0333. The van der Waals surface area contributed by atoms with E-state index in [1.807, 2.05) is 25.4 Å². The average Bonchev–Trinajstić information content (AvgIpc) is 3.10. The highest BCUT2D eigenvalue weighted by Crippen LogP contribution is 2.21. The highest BCUT2D eigenvalue weighted by atomic mass is 16.1. The fourth-order valence-corrected chi connectivity index (χ4v) is 3.74. The van der Waals surface area contributed by atoms with Gasteiger partial charge in [-0.3, -0.25) is 9.79 Å². The smallest absolute Gasteiger partial charge is 0.226 e. The Balaban J connectivity index is 1.41. The molecule has 4 rings (SSSR count). The molecule has 3 aromatic rings. The highest BCUT2D eigenvalue weighted by molar-refractivity contribution is 5.92. The van der Waals surface area contributed by atoms with Crippen LogP contribution in [0.2, 0.25) is 0 Å². The van der Waals surface area contributed by atoms with E-state index < -0.39 is 0 Å². The molecule has 28 heavy (non-hydrogen) atoms. The second-order valence-corrected chi connectivity index (χ2v) is 7.56. The standard InChI is InChI=1S/C24H25N3O/c1-17-7-10-23(18(2)11-17)26-24(28)13-22-14-25-16-27(22)15-19-8-9-20-5-3-4-6-21(20)12-19/h3-12,16,22H,13-15H2,1-2H3,(H,26,28). The first-order valence-electron chi connectivity index (χ1n) is 9.69. The van der Waals surface area contributed by atoms with E-state index in [4.69, 9.17) is 0 Å². The highest BCUT2D eigenvalue weighted by Gasteiger charge is 2.23. The third kappa shape index (κ3) is 4.06. The van der Waals surface area contributed by atoms with E-state index in [0.29, 0.717) is 13.0 Å². The number of rotatable bonds is 5. The van der Waals surface area contributed by atoms with Gasteiger partial charge in [-0.2, -0.15) is 0 Å². The lowest BCUT2D eigenvalue weighted by molar-refractivity contribution is -0.117. The van der Waals surface area contributed by atoms with Crippen molar-refractivity contribution in [1.82, 2.24) is 4.90 Å². The second-order valence-electron chi connectivity index (χ2n) is 7.56. The Labute approximate surface area is 165 Å². The van der Waals surface area contributed by atoms with Gasteiger partial charge in [-0.05, 0) is 47.9 Å². The number of carbonyl (C=O) groups excluding carboxylic acids is 1. The first kappa shape index (κ1) is 18.2. The fraction of sp³-hybridized carbons (Fsp3) is 0.250. The molecular formula is C24H25N3O. The van der Waals surface area contributed by atoms with Gasteiger partial charge < -0.3 is 10.2 Å². The van der Waals surface area contributed by atoms with E-state index in [9.17, 15) is 4.79 Å². The Morgan fingerprint density at radius 1 is 1.07 bits per heavy atom. The van der Waals surface area contributed by atoms with Crippen LogP contribution in [0.1, 0.15) is 23.1 Å². The number of hydrogen-bond acceptors (Lipinski definition) is 3. The third-order valence-corrected chi connectivity index (χ3v) is 5.27. The van der Waals surface area contributed by atoms with E-state index in [-0.39, 0.29) is 11.9 Å². The van der Waals surface area contributed by atoms with Crippen molar-refractivity contribution in [3.8, 4) is 0 Å². The minimum Gasteiger partial charge on any atom is -0.353 e. The van der Waals surface area contributed by atoms with Crippen molar-refractivity contribution in [3.05, 3.63) is 77.4 Å². The van der Waals surface area contributed by atoms with Crippen LogP contribution in [-0.2, 0) is 11.3 Å². The number of carbonyl (C=O) groups is 1. The number of fused-ring (bicyclic) bond motifs is 1. The zero-order chi connectivity index (χ0) is 19.5. The summed E-state index contributed by atoms with van der Waals surface area (Å²) >= 11 is 0. The van der Waals surface area contributed by atoms with Gasteiger partial charge in [-0.25, -0.2) is 0 Å². The first-order valence-corrected chi connectivity index (χ1v) is 9.69. The van der Waals surface area contributed by atoms with E-state index in [1.165, 1.54) is 21.9 Å². The van der Waals surface area contributed by atoms with Crippen LogP contribution >= 0.6 is 0 Å². The van der Waals surface area contributed by atoms with Crippen molar-refractivity contribution in [2.75, 3.05) is 11.9 Å². The van der Waals surface area contributed by atoms with Gasteiger partial charge in [-0.15, -0.1) is 0 Å². The van der Waals surface area contributed by atoms with Gasteiger partial charge in [0.05, 0.1) is 18.9 Å². The molecule has 0 aliphatic carbocycles. The third-order valence-electron chi connectivity index (χ3n) is 5.27. The molecule has 0 saturated carbocycles. The molecule has 4 nitrogen and oxygen atoms in total. The van der Waals surface area contributed by atoms with Crippen LogP contribution in [-0.4, -0.2) is 29.7 Å². The molecule has 1 N–H and O–H groups in total. The van der Waals surface area contributed by atoms with Gasteiger partial charge in [-0.1, -0.05) is 54.1 Å². The lowest BCUT2D eigenvalue weighted by Crippen LogP contribution is -2.34. The minimum absolute atomic E-state index is 0.0333. The van der Waals surface area contributed by atoms with E-state index in [0.717, 1.165) is 17.8 Å². The molecule has 0 aromatic heterocycles. The summed E-state index contributed by atoms with van der Waals surface area (Å²) in [6, 6.07) is 21.1. The molecule has 0 bridgehead atoms. The number of nitrogens with zero attached hydrogens (tertiary/aromatic N) is 2. The molecular weight excluding hydrogens is 346 g/mol. The zero-order valence-electron chi connectivity index (χ0n) is 16.4. The number of aliphatic imine (C=N–C) groups is 1. The number of benzene rings is 3. The summed E-state index contributed by atoms with van der Waals surface area (Å²) in [5, 5.41) is 5.53. The predicted molar refractivity (Wildman–Crippen MR) is 116 cm³/mol. The molecule has 4 heteroatoms. The molecule has 1 aliphatic rings. The quantitative estimate of drug-likeness (QED) is 0.707. The van der Waals surface area contributed by atoms with E-state index >= 15 is 0 Å². The summed E-state index contributed by atoms with van der Waals surface area (Å²) in [6.45, 7) is 5.50. The van der Waals surface area contributed by atoms with Crippen molar-refractivity contribution in [3.63, 3.8) is 0 Å². The molecule has 0 fully saturated rings. The lowest BCUT2D eigenvalue weighted by atomic mass is 10.1. The average molecular weight is 371 g/mol. The Morgan fingerprint density at radius 3 is 2.71 bits per heavy atom. The van der Waals surface area contributed by atoms with Crippen LogP contribution in [0.3, 0.4) is 0 Å². The largest absolute Gasteiger partial charge is 0.353 e. The summed E-state index contributed by atoms with van der Waals surface area (Å²) in [4.78, 5) is 19.2. The Morgan fingerprint density at radius 2 is 1.89 bits per heavy atom. The van der Waals surface area contributed by atoms with Crippen LogP contribution < -0.4 is 5.32 Å². The monoisotopic (exact) mass is 371 g/mol. The van der Waals surface area contributed by atoms with Crippen LogP contribution in [0.5, 0.6) is 0 Å². The van der Waals surface area contributed by atoms with Crippen LogP contribution in [0.4, 0.5) is 5.69 Å². The van der Waals surface area contributed by atoms with Crippen LogP contribution in [0, 0.1) is 13.8 Å². The lowest BCUT2D eigenvalue weighted by Gasteiger charge is -2.24. The van der Waals surface area contributed by atoms with E-state index in [1.54, 1.807) is 0 Å². The SMILES string of the molecule is Cc1ccc(NC(=O)CC2CN=CN2Cc2ccc3ccccc3c2)c(C)c1. The van der Waals surface area contributed by atoms with Crippen LogP contribution in [0.15, 0.2) is 65.7 Å². The maximum atomic E-state index is 12.6. The summed E-state index contributed by atoms with van der Waals surface area (Å²) < 4.78 is 0. The van der Waals surface area contributed by atoms with Crippen molar-refractivity contribution >= 4 is 28.7 Å². The van der Waals surface area contributed by atoms with Gasteiger partial charge in [0.2, 0.25) is 5.91 Å². The van der Waals surface area contributed by atoms with E-state index in [2.05, 4.69) is 70.7 Å². The molecule has 1 unspecified atom stereocenters. The topological polar surface area (TPSA) is 44.7 Å². The molecule has 1 amide bonds. The molecule has 0 saturated heterocycles. The van der Waals surface area contributed by atoms with Gasteiger partial charge in [0.1, 0.15) is 0 Å². The molecule has 1 atom stereocenters. The van der Waals surface area contributed by atoms with Gasteiger partial charge in [0.25, 0.3) is 0 Å². The van der Waals surface area contributed by atoms with Crippen molar-refractivity contribution < 1.29 is 4.79 Å². The maximum Gasteiger partial charge on any atom is 0.226 e. The summed E-state index contributed by atoms with van der Waals surface area (Å²) in [5.41, 5.74) is 4.40. The molecule has 1 heterocycles. The molecule has 1 aliphatic heterocycles. The number of amides is 1. The number of aryl methyl sites for hydroxylation is 2. The maximum absolute atomic E-state index is 12.6. The Hall–Kier alpha value is -3.14. The van der Waals surface area contributed by atoms with Crippen molar-refractivity contribution in [2.45, 2.75) is 32.9 Å². The van der Waals surface area contributed by atoms with Gasteiger partial charge in [0, 0.05) is 18.7 Å². The molecule has 0 radical (unpaired) electrons. The summed E-state index contributed by atoms with van der Waals surface area (Å²) in [7, 11) is 0. The molecule has 142 valence electrons. The second kappa shape index (κ2) is 7.85. The van der Waals surface area contributed by atoms with Crippen molar-refractivity contribution in [2.24, 2.45) is 4.99 Å². The Kier molecular flexibility index (Phi) is 5.11. The van der Waals surface area contributed by atoms with Gasteiger partial charge >= 0.3 is 0 Å². The predicted octanol–water partition coefficient (Wildman–Crippen LogP) is 4.70. The van der Waals surface area contributed by atoms with Gasteiger partial charge in [0.15, 0.2) is 0 Å².